The Balaban J connectivity index is 1.71. The Hall–Kier alpha value is -0.610. The fourth-order valence-corrected chi connectivity index (χ4v) is 2.56. The van der Waals surface area contributed by atoms with Crippen molar-refractivity contribution in [2.45, 2.75) is 39.2 Å². The molecule has 2 rings (SSSR count). The smallest absolute Gasteiger partial charge is 0.237 e. The van der Waals surface area contributed by atoms with E-state index in [1.807, 2.05) is 0 Å². The second-order valence-electron chi connectivity index (χ2n) is 6.11. The molecular formula is C13H24N2O2. The van der Waals surface area contributed by atoms with Gasteiger partial charge in [0.15, 0.2) is 0 Å². The quantitative estimate of drug-likeness (QED) is 0.767. The molecule has 4 nitrogen and oxygen atoms in total. The van der Waals surface area contributed by atoms with E-state index in [2.05, 4.69) is 19.2 Å². The van der Waals surface area contributed by atoms with E-state index in [0.29, 0.717) is 11.3 Å². The lowest BCUT2D eigenvalue weighted by atomic mass is 9.92. The summed E-state index contributed by atoms with van der Waals surface area (Å²) in [6.07, 6.45) is 3.02. The van der Waals surface area contributed by atoms with Crippen LogP contribution in [0, 0.1) is 17.3 Å². The molecule has 0 radical (unpaired) electrons. The molecule has 3 N–H and O–H groups in total. The van der Waals surface area contributed by atoms with E-state index in [9.17, 15) is 4.79 Å². The summed E-state index contributed by atoms with van der Waals surface area (Å²) in [7, 11) is 0. The van der Waals surface area contributed by atoms with Gasteiger partial charge in [-0.25, -0.2) is 0 Å². The van der Waals surface area contributed by atoms with Crippen molar-refractivity contribution in [3.05, 3.63) is 0 Å². The van der Waals surface area contributed by atoms with Gasteiger partial charge in [0.1, 0.15) is 0 Å². The molecule has 1 saturated heterocycles. The SMILES string of the molecule is CC1(C)CC1CNC(=O)C(N)C1CCOCC1. The van der Waals surface area contributed by atoms with Crippen molar-refractivity contribution in [2.75, 3.05) is 19.8 Å². The lowest BCUT2D eigenvalue weighted by Gasteiger charge is -2.26. The van der Waals surface area contributed by atoms with Gasteiger partial charge in [-0.2, -0.15) is 0 Å². The Morgan fingerprint density at radius 3 is 2.59 bits per heavy atom. The van der Waals surface area contributed by atoms with E-state index in [0.717, 1.165) is 32.6 Å². The van der Waals surface area contributed by atoms with Crippen LogP contribution >= 0.6 is 0 Å². The molecule has 0 spiro atoms. The van der Waals surface area contributed by atoms with Gasteiger partial charge in [-0.1, -0.05) is 13.8 Å². The van der Waals surface area contributed by atoms with Gasteiger partial charge in [0.25, 0.3) is 0 Å². The van der Waals surface area contributed by atoms with Crippen molar-refractivity contribution in [1.29, 1.82) is 0 Å². The van der Waals surface area contributed by atoms with Gasteiger partial charge in [-0.15, -0.1) is 0 Å². The molecule has 1 saturated carbocycles. The molecule has 98 valence electrons. The van der Waals surface area contributed by atoms with E-state index < -0.39 is 0 Å². The highest BCUT2D eigenvalue weighted by Gasteiger charge is 2.45. The maximum atomic E-state index is 11.9. The minimum absolute atomic E-state index is 0.0135. The zero-order valence-electron chi connectivity index (χ0n) is 10.9. The second kappa shape index (κ2) is 4.94. The van der Waals surface area contributed by atoms with Crippen LogP contribution in [0.3, 0.4) is 0 Å². The van der Waals surface area contributed by atoms with Crippen LogP contribution in [0.15, 0.2) is 0 Å². The highest BCUT2D eigenvalue weighted by molar-refractivity contribution is 5.81. The van der Waals surface area contributed by atoms with E-state index >= 15 is 0 Å². The summed E-state index contributed by atoms with van der Waals surface area (Å²) in [4.78, 5) is 11.9. The molecule has 2 fully saturated rings. The highest BCUT2D eigenvalue weighted by atomic mass is 16.5. The molecule has 1 heterocycles. The monoisotopic (exact) mass is 240 g/mol. The van der Waals surface area contributed by atoms with Crippen LogP contribution in [0.5, 0.6) is 0 Å². The number of ether oxygens (including phenoxy) is 1. The van der Waals surface area contributed by atoms with Crippen LogP contribution < -0.4 is 11.1 Å². The van der Waals surface area contributed by atoms with Crippen molar-refractivity contribution >= 4 is 5.91 Å². The van der Waals surface area contributed by atoms with Gasteiger partial charge in [-0.05, 0) is 36.5 Å². The molecule has 2 unspecified atom stereocenters. The van der Waals surface area contributed by atoms with Crippen molar-refractivity contribution < 1.29 is 9.53 Å². The number of rotatable bonds is 4. The van der Waals surface area contributed by atoms with Gasteiger partial charge in [0.05, 0.1) is 6.04 Å². The number of hydrogen-bond donors (Lipinski definition) is 2. The zero-order valence-corrected chi connectivity index (χ0v) is 10.9. The standard InChI is InChI=1S/C13H24N2O2/c1-13(2)7-10(13)8-15-12(16)11(14)9-3-5-17-6-4-9/h9-11H,3-8,14H2,1-2H3,(H,15,16). The van der Waals surface area contributed by atoms with E-state index in [-0.39, 0.29) is 17.9 Å². The molecule has 1 amide bonds. The van der Waals surface area contributed by atoms with Gasteiger partial charge in [0, 0.05) is 19.8 Å². The molecule has 2 aliphatic rings. The Bertz CT molecular complexity index is 285. The number of nitrogens with one attached hydrogen (secondary N) is 1. The Morgan fingerprint density at radius 1 is 1.47 bits per heavy atom. The van der Waals surface area contributed by atoms with Crippen LogP contribution in [0.4, 0.5) is 0 Å². The van der Waals surface area contributed by atoms with Gasteiger partial charge in [0.2, 0.25) is 5.91 Å². The Labute approximate surface area is 103 Å². The summed E-state index contributed by atoms with van der Waals surface area (Å²) in [6, 6.07) is -0.360. The van der Waals surface area contributed by atoms with Crippen molar-refractivity contribution in [2.24, 2.45) is 23.0 Å². The number of carbonyl (C=O) groups excluding carboxylic acids is 1. The lowest BCUT2D eigenvalue weighted by Crippen LogP contribution is -2.47. The summed E-state index contributed by atoms with van der Waals surface area (Å²) in [5, 5.41) is 2.99. The fraction of sp³-hybridized carbons (Fsp3) is 0.923. The molecular weight excluding hydrogens is 216 g/mol. The topological polar surface area (TPSA) is 64.4 Å². The van der Waals surface area contributed by atoms with E-state index in [1.165, 1.54) is 6.42 Å². The first kappa shape index (κ1) is 12.8. The summed E-state index contributed by atoms with van der Waals surface area (Å²) < 4.78 is 5.28. The summed E-state index contributed by atoms with van der Waals surface area (Å²) in [5.41, 5.74) is 6.41. The van der Waals surface area contributed by atoms with Crippen LogP contribution in [-0.2, 0) is 9.53 Å². The Morgan fingerprint density at radius 2 is 2.06 bits per heavy atom. The molecule has 0 bridgehead atoms. The summed E-state index contributed by atoms with van der Waals surface area (Å²) in [5.74, 6) is 0.934. The van der Waals surface area contributed by atoms with Crippen molar-refractivity contribution in [3.63, 3.8) is 0 Å². The molecule has 0 aromatic heterocycles. The predicted molar refractivity (Wildman–Crippen MR) is 66.4 cm³/mol. The molecule has 0 aromatic carbocycles. The van der Waals surface area contributed by atoms with Gasteiger partial charge >= 0.3 is 0 Å². The lowest BCUT2D eigenvalue weighted by molar-refractivity contribution is -0.124. The van der Waals surface area contributed by atoms with Crippen LogP contribution in [-0.4, -0.2) is 31.7 Å². The number of carbonyl (C=O) groups is 1. The largest absolute Gasteiger partial charge is 0.381 e. The van der Waals surface area contributed by atoms with Crippen LogP contribution in [0.25, 0.3) is 0 Å². The predicted octanol–water partition coefficient (Wildman–Crippen LogP) is 0.903. The third-order valence-corrected chi connectivity index (χ3v) is 4.32. The zero-order chi connectivity index (χ0) is 12.5. The maximum absolute atomic E-state index is 11.9. The molecule has 1 aliphatic carbocycles. The number of hydrogen-bond acceptors (Lipinski definition) is 3. The van der Waals surface area contributed by atoms with Gasteiger partial charge in [-0.3, -0.25) is 4.79 Å². The molecule has 2 atom stereocenters. The summed E-state index contributed by atoms with van der Waals surface area (Å²) in [6.45, 7) is 6.73. The second-order valence-corrected chi connectivity index (χ2v) is 6.11. The van der Waals surface area contributed by atoms with Crippen molar-refractivity contribution in [1.82, 2.24) is 5.32 Å². The fourth-order valence-electron chi connectivity index (χ4n) is 2.56. The normalized spacial score (nSPS) is 29.7. The van der Waals surface area contributed by atoms with Crippen LogP contribution in [0.1, 0.15) is 33.1 Å². The third-order valence-electron chi connectivity index (χ3n) is 4.32. The minimum Gasteiger partial charge on any atom is -0.381 e. The Kier molecular flexibility index (Phi) is 3.73. The average molecular weight is 240 g/mol. The molecule has 1 aliphatic heterocycles. The summed E-state index contributed by atoms with van der Waals surface area (Å²) >= 11 is 0. The molecule has 4 heteroatoms. The number of amides is 1. The van der Waals surface area contributed by atoms with Crippen LogP contribution in [0.2, 0.25) is 0 Å². The third kappa shape index (κ3) is 3.19. The first-order valence-corrected chi connectivity index (χ1v) is 6.62. The molecule has 17 heavy (non-hydrogen) atoms. The average Bonchev–Trinajstić information content (AvgIpc) is 2.94. The van der Waals surface area contributed by atoms with Gasteiger partial charge < -0.3 is 15.8 Å². The first-order valence-electron chi connectivity index (χ1n) is 6.62. The maximum Gasteiger partial charge on any atom is 0.237 e. The van der Waals surface area contributed by atoms with E-state index in [4.69, 9.17) is 10.5 Å². The van der Waals surface area contributed by atoms with E-state index in [1.54, 1.807) is 0 Å². The highest BCUT2D eigenvalue weighted by Crippen LogP contribution is 2.50. The number of nitrogens with two attached hydrogens (primary N) is 1. The van der Waals surface area contributed by atoms with Crippen molar-refractivity contribution in [3.8, 4) is 0 Å². The first-order chi connectivity index (χ1) is 8.00. The minimum atomic E-state index is -0.360. The molecule has 0 aromatic rings.